The minimum atomic E-state index is -2.87. The molecular weight excluding hydrogens is 232 g/mol. The molecule has 0 amide bonds. The van der Waals surface area contributed by atoms with Crippen molar-refractivity contribution in [2.45, 2.75) is 13.3 Å². The maximum Gasteiger partial charge on any atom is 0.343 e. The minimum absolute atomic E-state index is 0.0437. The molecule has 0 saturated carbocycles. The van der Waals surface area contributed by atoms with E-state index in [1.54, 1.807) is 13.0 Å². The van der Waals surface area contributed by atoms with E-state index in [-0.39, 0.29) is 12.3 Å². The lowest BCUT2D eigenvalue weighted by molar-refractivity contribution is 0.0526. The number of nitrogens with zero attached hydrogens (tertiary/aromatic N) is 2. The van der Waals surface area contributed by atoms with Crippen LogP contribution in [0.3, 0.4) is 0 Å². The molecule has 0 aliphatic carbocycles. The molecule has 0 atom stereocenters. The topological polar surface area (TPSA) is 89.0 Å². The molecule has 1 aromatic heterocycles. The third-order valence-electron chi connectivity index (χ3n) is 1.97. The van der Waals surface area contributed by atoms with Gasteiger partial charge in [0, 0.05) is 6.20 Å². The first kappa shape index (κ1) is 12.8. The number of alkyl halides is 2. The van der Waals surface area contributed by atoms with Crippen molar-refractivity contribution in [2.75, 3.05) is 12.3 Å². The Morgan fingerprint density at radius 2 is 2.35 bits per heavy atom. The van der Waals surface area contributed by atoms with E-state index in [1.165, 1.54) is 0 Å². The zero-order valence-corrected chi connectivity index (χ0v) is 8.91. The maximum atomic E-state index is 12.5. The van der Waals surface area contributed by atoms with Gasteiger partial charge in [0.15, 0.2) is 5.69 Å². The molecule has 1 heterocycles. The fourth-order valence-electron chi connectivity index (χ4n) is 1.21. The van der Waals surface area contributed by atoms with Crippen LogP contribution < -0.4 is 5.73 Å². The number of hydrogen-bond acceptors (Lipinski definition) is 5. The van der Waals surface area contributed by atoms with Crippen molar-refractivity contribution in [2.24, 2.45) is 0 Å². The van der Waals surface area contributed by atoms with Gasteiger partial charge in [-0.1, -0.05) is 0 Å². The van der Waals surface area contributed by atoms with Gasteiger partial charge >= 0.3 is 5.97 Å². The predicted octanol–water partition coefficient (Wildman–Crippen LogP) is 1.65. The van der Waals surface area contributed by atoms with E-state index in [2.05, 4.69) is 9.72 Å². The lowest BCUT2D eigenvalue weighted by Gasteiger charge is -2.10. The summed E-state index contributed by atoms with van der Waals surface area (Å²) in [7, 11) is 0. The standard InChI is InChI=1S/C10H9F2N3O2/c1-2-17-10(16)7-6(3-13)15-4-5(8(7)14)9(11)12/h4,9H,2H2,1H3,(H2,14,15). The fourth-order valence-corrected chi connectivity index (χ4v) is 1.21. The van der Waals surface area contributed by atoms with E-state index in [1.807, 2.05) is 0 Å². The number of nitriles is 1. The normalized spacial score (nSPS) is 10.1. The summed E-state index contributed by atoms with van der Waals surface area (Å²) < 4.78 is 29.7. The number of rotatable bonds is 3. The van der Waals surface area contributed by atoms with Crippen LogP contribution in [0.5, 0.6) is 0 Å². The second kappa shape index (κ2) is 5.21. The van der Waals surface area contributed by atoms with Gasteiger partial charge in [-0.15, -0.1) is 0 Å². The van der Waals surface area contributed by atoms with Crippen LogP contribution in [0.2, 0.25) is 0 Å². The van der Waals surface area contributed by atoms with Gasteiger partial charge in [0.2, 0.25) is 0 Å². The summed E-state index contributed by atoms with van der Waals surface area (Å²) in [6.45, 7) is 1.59. The fraction of sp³-hybridized carbons (Fsp3) is 0.300. The van der Waals surface area contributed by atoms with Crippen molar-refractivity contribution in [1.29, 1.82) is 5.26 Å². The highest BCUT2D eigenvalue weighted by Gasteiger charge is 2.23. The van der Waals surface area contributed by atoms with Crippen LogP contribution in [0, 0.1) is 11.3 Å². The summed E-state index contributed by atoms with van der Waals surface area (Å²) in [6, 6.07) is 1.61. The Labute approximate surface area is 95.8 Å². The number of esters is 1. The molecule has 7 heteroatoms. The van der Waals surface area contributed by atoms with Gasteiger partial charge in [0.1, 0.15) is 11.6 Å². The molecule has 0 spiro atoms. The second-order valence-electron chi connectivity index (χ2n) is 2.98. The average Bonchev–Trinajstić information content (AvgIpc) is 2.27. The molecular formula is C10H9F2N3O2. The molecule has 1 rings (SSSR count). The van der Waals surface area contributed by atoms with Crippen molar-refractivity contribution in [3.63, 3.8) is 0 Å². The van der Waals surface area contributed by atoms with Gasteiger partial charge in [0.25, 0.3) is 6.43 Å². The number of aromatic nitrogens is 1. The van der Waals surface area contributed by atoms with Crippen LogP contribution in [0.4, 0.5) is 14.5 Å². The molecule has 2 N–H and O–H groups in total. The van der Waals surface area contributed by atoms with E-state index in [9.17, 15) is 13.6 Å². The van der Waals surface area contributed by atoms with Crippen LogP contribution in [0.15, 0.2) is 6.20 Å². The number of carbonyl (C=O) groups is 1. The van der Waals surface area contributed by atoms with Gasteiger partial charge in [0.05, 0.1) is 17.9 Å². The Balaban J connectivity index is 3.39. The Morgan fingerprint density at radius 3 is 2.82 bits per heavy atom. The summed E-state index contributed by atoms with van der Waals surface area (Å²) in [6.07, 6.45) is -2.09. The first-order valence-corrected chi connectivity index (χ1v) is 4.66. The molecule has 0 unspecified atom stereocenters. The van der Waals surface area contributed by atoms with Crippen molar-refractivity contribution in [3.8, 4) is 6.07 Å². The number of ether oxygens (including phenoxy) is 1. The molecule has 90 valence electrons. The summed E-state index contributed by atoms with van der Waals surface area (Å²) in [5, 5.41) is 8.73. The summed E-state index contributed by atoms with van der Waals surface area (Å²) in [5.74, 6) is -0.934. The smallest absolute Gasteiger partial charge is 0.343 e. The van der Waals surface area contributed by atoms with Gasteiger partial charge in [-0.25, -0.2) is 18.6 Å². The lowest BCUT2D eigenvalue weighted by atomic mass is 10.1. The number of anilines is 1. The van der Waals surface area contributed by atoms with Crippen LogP contribution in [-0.4, -0.2) is 17.6 Å². The van der Waals surface area contributed by atoms with Crippen molar-refractivity contribution in [3.05, 3.63) is 23.0 Å². The average molecular weight is 241 g/mol. The molecule has 0 aromatic carbocycles. The number of carbonyl (C=O) groups excluding carboxylic acids is 1. The van der Waals surface area contributed by atoms with Crippen LogP contribution in [0.1, 0.15) is 35.0 Å². The number of nitrogen functional groups attached to an aromatic ring is 1. The molecule has 0 aliphatic heterocycles. The maximum absolute atomic E-state index is 12.5. The molecule has 0 aliphatic rings. The van der Waals surface area contributed by atoms with E-state index in [0.29, 0.717) is 0 Å². The monoisotopic (exact) mass is 241 g/mol. The highest BCUT2D eigenvalue weighted by Crippen LogP contribution is 2.28. The van der Waals surface area contributed by atoms with E-state index in [0.717, 1.165) is 6.20 Å². The molecule has 0 saturated heterocycles. The van der Waals surface area contributed by atoms with Gasteiger partial charge in [-0.3, -0.25) is 0 Å². The molecule has 0 fully saturated rings. The third-order valence-corrected chi connectivity index (χ3v) is 1.97. The first-order chi connectivity index (χ1) is 8.02. The van der Waals surface area contributed by atoms with Crippen LogP contribution in [0.25, 0.3) is 0 Å². The number of nitrogens with two attached hydrogens (primary N) is 1. The Morgan fingerprint density at radius 1 is 1.71 bits per heavy atom. The highest BCUT2D eigenvalue weighted by atomic mass is 19.3. The number of hydrogen-bond donors (Lipinski definition) is 1. The summed E-state index contributed by atoms with van der Waals surface area (Å²) in [4.78, 5) is 14.9. The van der Waals surface area contributed by atoms with E-state index >= 15 is 0 Å². The Hall–Kier alpha value is -2.23. The number of halogens is 2. The molecule has 0 radical (unpaired) electrons. The lowest BCUT2D eigenvalue weighted by Crippen LogP contribution is -2.13. The predicted molar refractivity (Wildman–Crippen MR) is 54.3 cm³/mol. The van der Waals surface area contributed by atoms with Crippen molar-refractivity contribution < 1.29 is 18.3 Å². The third kappa shape index (κ3) is 2.47. The van der Waals surface area contributed by atoms with Gasteiger partial charge < -0.3 is 10.5 Å². The Kier molecular flexibility index (Phi) is 3.93. The first-order valence-electron chi connectivity index (χ1n) is 4.66. The second-order valence-corrected chi connectivity index (χ2v) is 2.98. The summed E-state index contributed by atoms with van der Waals surface area (Å²) in [5.41, 5.74) is 3.62. The summed E-state index contributed by atoms with van der Waals surface area (Å²) >= 11 is 0. The van der Waals surface area contributed by atoms with Gasteiger partial charge in [-0.2, -0.15) is 5.26 Å². The van der Waals surface area contributed by atoms with Gasteiger partial charge in [-0.05, 0) is 6.92 Å². The zero-order chi connectivity index (χ0) is 13.0. The van der Waals surface area contributed by atoms with E-state index in [4.69, 9.17) is 11.0 Å². The van der Waals surface area contributed by atoms with Crippen LogP contribution >= 0.6 is 0 Å². The SMILES string of the molecule is CCOC(=O)c1c(C#N)ncc(C(F)F)c1N. The Bertz CT molecular complexity index is 483. The largest absolute Gasteiger partial charge is 0.462 e. The molecule has 5 nitrogen and oxygen atoms in total. The van der Waals surface area contributed by atoms with Crippen molar-refractivity contribution in [1.82, 2.24) is 4.98 Å². The molecule has 1 aromatic rings. The van der Waals surface area contributed by atoms with Crippen LogP contribution in [-0.2, 0) is 4.74 Å². The van der Waals surface area contributed by atoms with Crippen molar-refractivity contribution >= 4 is 11.7 Å². The molecule has 17 heavy (non-hydrogen) atoms. The molecule has 0 bridgehead atoms. The quantitative estimate of drug-likeness (QED) is 0.812. The zero-order valence-electron chi connectivity index (χ0n) is 8.91. The number of pyridine rings is 1. The minimum Gasteiger partial charge on any atom is -0.462 e. The van der Waals surface area contributed by atoms with E-state index < -0.39 is 29.2 Å². The highest BCUT2D eigenvalue weighted by molar-refractivity contribution is 5.97.